The molecule has 0 aliphatic rings. The Morgan fingerprint density at radius 2 is 1.79 bits per heavy atom. The minimum atomic E-state index is -0.224. The number of hydrogen-bond acceptors (Lipinski definition) is 6. The van der Waals surface area contributed by atoms with Gasteiger partial charge in [0.1, 0.15) is 12.3 Å². The van der Waals surface area contributed by atoms with Crippen LogP contribution in [0.25, 0.3) is 33.9 Å². The molecular formula is C26H23N5O3. The van der Waals surface area contributed by atoms with Crippen molar-refractivity contribution in [3.05, 3.63) is 78.4 Å². The maximum atomic E-state index is 12.9. The van der Waals surface area contributed by atoms with Crippen LogP contribution in [-0.4, -0.2) is 32.4 Å². The lowest BCUT2D eigenvalue weighted by molar-refractivity contribution is -0.116. The van der Waals surface area contributed by atoms with Gasteiger partial charge in [0.15, 0.2) is 5.69 Å². The van der Waals surface area contributed by atoms with Crippen molar-refractivity contribution < 1.29 is 14.1 Å². The first-order valence-corrected chi connectivity index (χ1v) is 11.0. The molecule has 0 unspecified atom stereocenters. The molecular weight excluding hydrogens is 430 g/mol. The maximum Gasteiger partial charge on any atom is 0.279 e. The Labute approximate surface area is 196 Å². The fourth-order valence-electron chi connectivity index (χ4n) is 3.72. The number of aromatic nitrogens is 4. The highest BCUT2D eigenvalue weighted by Crippen LogP contribution is 2.29. The van der Waals surface area contributed by atoms with E-state index in [4.69, 9.17) is 9.26 Å². The summed E-state index contributed by atoms with van der Waals surface area (Å²) in [4.78, 5) is 17.4. The Kier molecular flexibility index (Phi) is 5.78. The van der Waals surface area contributed by atoms with E-state index in [0.29, 0.717) is 35.5 Å². The average molecular weight is 454 g/mol. The van der Waals surface area contributed by atoms with Crippen LogP contribution in [0.1, 0.15) is 12.5 Å². The topological polar surface area (TPSA) is 95.1 Å². The van der Waals surface area contributed by atoms with E-state index in [0.717, 1.165) is 22.0 Å². The number of rotatable bonds is 7. The number of para-hydroxylation sites is 3. The van der Waals surface area contributed by atoms with Crippen LogP contribution < -0.4 is 10.1 Å². The second kappa shape index (κ2) is 9.19. The molecule has 0 fully saturated rings. The predicted molar refractivity (Wildman–Crippen MR) is 129 cm³/mol. The average Bonchev–Trinajstić information content (AvgIpc) is 3.47. The van der Waals surface area contributed by atoms with Crippen LogP contribution in [0, 0.1) is 6.92 Å². The van der Waals surface area contributed by atoms with Crippen molar-refractivity contribution in [3.63, 3.8) is 0 Å². The number of nitrogens with one attached hydrogen (secondary N) is 1. The minimum absolute atomic E-state index is 0.0138. The normalized spacial score (nSPS) is 11.0. The highest BCUT2D eigenvalue weighted by molar-refractivity contribution is 5.95. The minimum Gasteiger partial charge on any atom is -0.492 e. The van der Waals surface area contributed by atoms with E-state index in [2.05, 4.69) is 20.6 Å². The van der Waals surface area contributed by atoms with E-state index >= 15 is 0 Å². The van der Waals surface area contributed by atoms with E-state index < -0.39 is 0 Å². The van der Waals surface area contributed by atoms with E-state index in [1.54, 1.807) is 10.7 Å². The van der Waals surface area contributed by atoms with Crippen molar-refractivity contribution in [3.8, 4) is 28.7 Å². The number of nitrogens with zero attached hydrogens (tertiary/aromatic N) is 4. The molecule has 1 amide bonds. The summed E-state index contributed by atoms with van der Waals surface area (Å²) in [7, 11) is 0. The van der Waals surface area contributed by atoms with Gasteiger partial charge in [0, 0.05) is 10.9 Å². The van der Waals surface area contributed by atoms with Crippen LogP contribution >= 0.6 is 0 Å². The Morgan fingerprint density at radius 3 is 2.62 bits per heavy atom. The molecule has 8 nitrogen and oxygen atoms in total. The fraction of sp³-hybridized carbons (Fsp3) is 0.154. The highest BCUT2D eigenvalue weighted by atomic mass is 16.5. The van der Waals surface area contributed by atoms with E-state index in [1.807, 2.05) is 80.6 Å². The Morgan fingerprint density at radius 1 is 1.03 bits per heavy atom. The van der Waals surface area contributed by atoms with Gasteiger partial charge in [0.2, 0.25) is 11.7 Å². The lowest BCUT2D eigenvalue weighted by Gasteiger charge is -2.11. The third kappa shape index (κ3) is 4.25. The molecule has 2 aromatic heterocycles. The molecule has 3 aromatic carbocycles. The molecule has 8 heteroatoms. The largest absolute Gasteiger partial charge is 0.492 e. The monoisotopic (exact) mass is 453 g/mol. The van der Waals surface area contributed by atoms with Gasteiger partial charge >= 0.3 is 0 Å². The smallest absolute Gasteiger partial charge is 0.279 e. The summed E-state index contributed by atoms with van der Waals surface area (Å²) in [6.07, 6.45) is 0. The number of anilines is 1. The summed E-state index contributed by atoms with van der Waals surface area (Å²) in [5.41, 5.74) is 3.95. The molecule has 34 heavy (non-hydrogen) atoms. The van der Waals surface area contributed by atoms with Crippen LogP contribution in [0.2, 0.25) is 0 Å². The predicted octanol–water partition coefficient (Wildman–Crippen LogP) is 5.10. The van der Waals surface area contributed by atoms with Gasteiger partial charge in [-0.3, -0.25) is 9.48 Å². The first-order valence-electron chi connectivity index (χ1n) is 11.0. The van der Waals surface area contributed by atoms with Crippen LogP contribution in [0.15, 0.2) is 77.3 Å². The highest BCUT2D eigenvalue weighted by Gasteiger charge is 2.20. The Bertz CT molecular complexity index is 1450. The third-order valence-corrected chi connectivity index (χ3v) is 5.35. The van der Waals surface area contributed by atoms with Crippen molar-refractivity contribution in [1.82, 2.24) is 19.9 Å². The molecule has 170 valence electrons. The molecule has 5 rings (SSSR count). The summed E-state index contributed by atoms with van der Waals surface area (Å²) >= 11 is 0. The second-order valence-electron chi connectivity index (χ2n) is 7.79. The number of carbonyl (C=O) groups is 1. The van der Waals surface area contributed by atoms with Crippen molar-refractivity contribution in [2.45, 2.75) is 20.4 Å². The third-order valence-electron chi connectivity index (χ3n) is 5.35. The number of carbonyl (C=O) groups excluding carboxylic acids is 1. The zero-order valence-electron chi connectivity index (χ0n) is 18.9. The second-order valence-corrected chi connectivity index (χ2v) is 7.79. The fourth-order valence-corrected chi connectivity index (χ4v) is 3.72. The summed E-state index contributed by atoms with van der Waals surface area (Å²) in [5, 5.41) is 12.5. The zero-order chi connectivity index (χ0) is 23.5. The van der Waals surface area contributed by atoms with Gasteiger partial charge in [-0.2, -0.15) is 10.1 Å². The number of amides is 1. The molecule has 5 aromatic rings. The number of hydrogen-bond donors (Lipinski definition) is 1. The van der Waals surface area contributed by atoms with E-state index in [-0.39, 0.29) is 12.5 Å². The lowest BCUT2D eigenvalue weighted by atomic mass is 10.1. The molecule has 0 radical (unpaired) electrons. The molecule has 2 heterocycles. The molecule has 0 saturated heterocycles. The van der Waals surface area contributed by atoms with Gasteiger partial charge in [0.05, 0.1) is 17.8 Å². The van der Waals surface area contributed by atoms with Gasteiger partial charge < -0.3 is 14.6 Å². The lowest BCUT2D eigenvalue weighted by Crippen LogP contribution is -2.20. The van der Waals surface area contributed by atoms with Gasteiger partial charge in [-0.25, -0.2) is 0 Å². The first kappa shape index (κ1) is 21.4. The van der Waals surface area contributed by atoms with Crippen molar-refractivity contribution in [2.24, 2.45) is 0 Å². The number of ether oxygens (including phenoxy) is 1. The van der Waals surface area contributed by atoms with E-state index in [9.17, 15) is 4.79 Å². The van der Waals surface area contributed by atoms with Crippen LogP contribution in [0.5, 0.6) is 5.75 Å². The number of benzene rings is 3. The van der Waals surface area contributed by atoms with Gasteiger partial charge in [-0.1, -0.05) is 65.3 Å². The maximum absolute atomic E-state index is 12.9. The quantitative estimate of drug-likeness (QED) is 0.368. The van der Waals surface area contributed by atoms with Crippen molar-refractivity contribution >= 4 is 22.5 Å². The summed E-state index contributed by atoms with van der Waals surface area (Å²) in [5.74, 6) is 1.18. The van der Waals surface area contributed by atoms with Gasteiger partial charge in [-0.15, -0.1) is 0 Å². The number of aryl methyl sites for hydroxylation is 1. The molecule has 1 N–H and O–H groups in total. The Hall–Kier alpha value is -4.46. The molecule has 0 bridgehead atoms. The van der Waals surface area contributed by atoms with Crippen LogP contribution in [-0.2, 0) is 11.3 Å². The standard InChI is InChI=1S/C26H23N5O3/c1-3-33-22-11-7-5-9-20(22)27-23(32)16-31-21-10-6-4-8-19(21)24(29-31)26-28-25(30-34-26)18-14-12-17(2)13-15-18/h4-15H,3,16H2,1-2H3,(H,27,32). The van der Waals surface area contributed by atoms with Crippen LogP contribution in [0.4, 0.5) is 5.69 Å². The Balaban J connectivity index is 1.43. The molecule has 0 spiro atoms. The van der Waals surface area contributed by atoms with Gasteiger partial charge in [0.25, 0.3) is 5.89 Å². The zero-order valence-corrected chi connectivity index (χ0v) is 18.9. The SMILES string of the molecule is CCOc1ccccc1NC(=O)Cn1nc(-c2nc(-c3ccc(C)cc3)no2)c2ccccc21. The molecule has 0 aliphatic heterocycles. The summed E-state index contributed by atoms with van der Waals surface area (Å²) in [6, 6.07) is 22.9. The molecule has 0 atom stereocenters. The van der Waals surface area contributed by atoms with Crippen LogP contribution in [0.3, 0.4) is 0 Å². The van der Waals surface area contributed by atoms with E-state index in [1.165, 1.54) is 0 Å². The van der Waals surface area contributed by atoms with Gasteiger partial charge in [-0.05, 0) is 32.0 Å². The summed E-state index contributed by atoms with van der Waals surface area (Å²) in [6.45, 7) is 4.45. The molecule has 0 saturated carbocycles. The summed E-state index contributed by atoms with van der Waals surface area (Å²) < 4.78 is 12.8. The van der Waals surface area contributed by atoms with Crippen molar-refractivity contribution in [2.75, 3.05) is 11.9 Å². The number of fused-ring (bicyclic) bond motifs is 1. The van der Waals surface area contributed by atoms with Crippen molar-refractivity contribution in [1.29, 1.82) is 0 Å². The first-order chi connectivity index (χ1) is 16.6. The molecule has 0 aliphatic carbocycles.